The summed E-state index contributed by atoms with van der Waals surface area (Å²) in [6.45, 7) is 12.0. The lowest BCUT2D eigenvalue weighted by molar-refractivity contribution is -0.148. The molecule has 3 nitrogen and oxygen atoms in total. The fourth-order valence-corrected chi connectivity index (χ4v) is 2.48. The number of hydrogen-bond donors (Lipinski definition) is 0. The Morgan fingerprint density at radius 2 is 1.85 bits per heavy atom. The van der Waals surface area contributed by atoms with Crippen LogP contribution in [0.1, 0.15) is 27.7 Å². The van der Waals surface area contributed by atoms with E-state index in [-0.39, 0.29) is 5.97 Å². The van der Waals surface area contributed by atoms with Gasteiger partial charge in [0.2, 0.25) is 8.32 Å². The summed E-state index contributed by atoms with van der Waals surface area (Å²) in [5.74, 6) is -0.245. The number of carbonyl (C=O) groups excluding carboxylic acids is 1. The third-order valence-corrected chi connectivity index (χ3v) is 6.37. The molecule has 0 atom stereocenters. The summed E-state index contributed by atoms with van der Waals surface area (Å²) < 4.78 is 10.9. The van der Waals surface area contributed by atoms with Gasteiger partial charge in [-0.15, -0.1) is 0 Å². The molecule has 0 aromatic heterocycles. The van der Waals surface area contributed by atoms with Crippen LogP contribution in [-0.4, -0.2) is 26.1 Å². The van der Waals surface area contributed by atoms with Crippen LogP contribution in [0.4, 0.5) is 0 Å². The van der Waals surface area contributed by atoms with Gasteiger partial charge in [-0.05, 0) is 33.9 Å². The minimum atomic E-state index is -1.94. The molecule has 4 heteroatoms. The third kappa shape index (κ3) is 3.48. The molecule has 0 amide bonds. The van der Waals surface area contributed by atoms with E-state index in [9.17, 15) is 4.79 Å². The predicted molar refractivity (Wildman–Crippen MR) is 55.0 cm³/mol. The molecule has 13 heavy (non-hydrogen) atoms. The Kier molecular flexibility index (Phi) is 4.12. The lowest BCUT2D eigenvalue weighted by Crippen LogP contribution is -2.55. The second kappa shape index (κ2) is 4.24. The Labute approximate surface area is 81.6 Å². The molecule has 0 N–H and O–H groups in total. The molecule has 0 radical (unpaired) electrons. The predicted octanol–water partition coefficient (Wildman–Crippen LogP) is 2.11. The zero-order chi connectivity index (χ0) is 10.7. The molecule has 78 valence electrons. The van der Waals surface area contributed by atoms with Crippen molar-refractivity contribution in [1.82, 2.24) is 0 Å². The average molecular weight is 204 g/mol. The summed E-state index contributed by atoms with van der Waals surface area (Å²) in [7, 11) is -1.94. The summed E-state index contributed by atoms with van der Waals surface area (Å²) >= 11 is 0. The molecule has 0 saturated heterocycles. The number of hydrogen-bond acceptors (Lipinski definition) is 3. The van der Waals surface area contributed by atoms with Gasteiger partial charge in [-0.2, -0.15) is 0 Å². The summed E-state index contributed by atoms with van der Waals surface area (Å²) in [6, 6.07) is 0. The van der Waals surface area contributed by atoms with Crippen LogP contribution < -0.4 is 0 Å². The maximum atomic E-state index is 10.9. The second-order valence-corrected chi connectivity index (χ2v) is 8.56. The van der Waals surface area contributed by atoms with Crippen molar-refractivity contribution in [3.05, 3.63) is 0 Å². The Balaban J connectivity index is 4.49. The maximum Gasteiger partial charge on any atom is 0.302 e. The molecule has 0 rings (SSSR count). The Morgan fingerprint density at radius 3 is 2.15 bits per heavy atom. The molecule has 0 aromatic carbocycles. The molecule has 0 saturated carbocycles. The van der Waals surface area contributed by atoms with E-state index in [1.807, 2.05) is 20.8 Å². The lowest BCUT2D eigenvalue weighted by atomic mass is 10.4. The van der Waals surface area contributed by atoms with E-state index >= 15 is 0 Å². The van der Waals surface area contributed by atoms with Crippen molar-refractivity contribution in [3.63, 3.8) is 0 Å². The van der Waals surface area contributed by atoms with Crippen molar-refractivity contribution in [3.8, 4) is 0 Å². The van der Waals surface area contributed by atoms with E-state index in [1.54, 1.807) is 0 Å². The Hall–Kier alpha value is -0.353. The lowest BCUT2D eigenvalue weighted by Gasteiger charge is -2.37. The van der Waals surface area contributed by atoms with Crippen molar-refractivity contribution in [2.45, 2.75) is 46.0 Å². The minimum absolute atomic E-state index is 0.245. The molecule has 0 unspecified atom stereocenters. The Morgan fingerprint density at radius 1 is 1.38 bits per heavy atom. The number of ether oxygens (including phenoxy) is 1. The topological polar surface area (TPSA) is 35.5 Å². The fraction of sp³-hybridized carbons (Fsp3) is 0.889. The van der Waals surface area contributed by atoms with Gasteiger partial charge < -0.3 is 9.16 Å². The van der Waals surface area contributed by atoms with Crippen LogP contribution in [0.25, 0.3) is 0 Å². The summed E-state index contributed by atoms with van der Waals surface area (Å²) in [6.07, 6.45) is 0. The van der Waals surface area contributed by atoms with Crippen LogP contribution in [0.3, 0.4) is 0 Å². The van der Waals surface area contributed by atoms with Gasteiger partial charge in [0, 0.05) is 13.5 Å². The highest BCUT2D eigenvalue weighted by Crippen LogP contribution is 2.25. The molecule has 0 aromatic rings. The molecule has 0 aliphatic rings. The largest absolute Gasteiger partial charge is 0.461 e. The van der Waals surface area contributed by atoms with Gasteiger partial charge in [0.1, 0.15) is 5.22 Å². The van der Waals surface area contributed by atoms with E-state index in [1.165, 1.54) is 6.92 Å². The molecular formula is C9H20O3Si. The van der Waals surface area contributed by atoms with Crippen molar-refractivity contribution in [2.24, 2.45) is 0 Å². The van der Waals surface area contributed by atoms with Crippen LogP contribution in [0.5, 0.6) is 0 Å². The van der Waals surface area contributed by atoms with E-state index < -0.39 is 13.5 Å². The Bertz CT molecular complexity index is 187. The monoisotopic (exact) mass is 204 g/mol. The van der Waals surface area contributed by atoms with E-state index in [4.69, 9.17) is 9.16 Å². The van der Waals surface area contributed by atoms with Crippen molar-refractivity contribution >= 4 is 14.3 Å². The SMILES string of the molecule is CCO[Si](C)(C)C(C)(C)OC(C)=O. The van der Waals surface area contributed by atoms with Crippen molar-refractivity contribution in [2.75, 3.05) is 6.61 Å². The highest BCUT2D eigenvalue weighted by Gasteiger charge is 2.43. The van der Waals surface area contributed by atoms with Gasteiger partial charge in [0.15, 0.2) is 0 Å². The summed E-state index contributed by atoms with van der Waals surface area (Å²) in [5, 5.41) is -0.463. The quantitative estimate of drug-likeness (QED) is 0.520. The minimum Gasteiger partial charge on any atom is -0.461 e. The van der Waals surface area contributed by atoms with Crippen LogP contribution in [0, 0.1) is 0 Å². The first-order valence-electron chi connectivity index (χ1n) is 4.56. The normalized spacial score (nSPS) is 12.8. The smallest absolute Gasteiger partial charge is 0.302 e. The van der Waals surface area contributed by atoms with Crippen LogP contribution >= 0.6 is 0 Å². The van der Waals surface area contributed by atoms with E-state index in [2.05, 4.69) is 13.1 Å². The van der Waals surface area contributed by atoms with Crippen LogP contribution in [0.15, 0.2) is 0 Å². The van der Waals surface area contributed by atoms with Gasteiger partial charge >= 0.3 is 5.97 Å². The first-order valence-corrected chi connectivity index (χ1v) is 7.47. The van der Waals surface area contributed by atoms with Crippen LogP contribution in [-0.2, 0) is 14.0 Å². The zero-order valence-corrected chi connectivity index (χ0v) is 10.4. The molecule has 0 heterocycles. The van der Waals surface area contributed by atoms with Gasteiger partial charge in [-0.3, -0.25) is 4.79 Å². The first kappa shape index (κ1) is 12.6. The van der Waals surface area contributed by atoms with Crippen LogP contribution in [0.2, 0.25) is 13.1 Å². The van der Waals surface area contributed by atoms with Gasteiger partial charge in [-0.25, -0.2) is 0 Å². The average Bonchev–Trinajstić information content (AvgIpc) is 1.82. The molecule has 0 bridgehead atoms. The number of esters is 1. The van der Waals surface area contributed by atoms with Gasteiger partial charge in [-0.1, -0.05) is 0 Å². The van der Waals surface area contributed by atoms with Gasteiger partial charge in [0.25, 0.3) is 0 Å². The molecular weight excluding hydrogens is 184 g/mol. The van der Waals surface area contributed by atoms with Crippen molar-refractivity contribution in [1.29, 1.82) is 0 Å². The standard InChI is InChI=1S/C9H20O3Si/c1-7-11-13(5,6)9(3,4)12-8(2)10/h7H2,1-6H3. The number of carbonyl (C=O) groups is 1. The molecule has 0 fully saturated rings. The highest BCUT2D eigenvalue weighted by molar-refractivity contribution is 6.74. The van der Waals surface area contributed by atoms with Crippen molar-refractivity contribution < 1.29 is 14.0 Å². The number of rotatable bonds is 4. The van der Waals surface area contributed by atoms with E-state index in [0.29, 0.717) is 6.61 Å². The molecule has 0 aliphatic carbocycles. The zero-order valence-electron chi connectivity index (χ0n) is 9.43. The molecule has 0 spiro atoms. The summed E-state index contributed by atoms with van der Waals surface area (Å²) in [4.78, 5) is 10.9. The first-order chi connectivity index (χ1) is 5.73. The molecule has 0 aliphatic heterocycles. The second-order valence-electron chi connectivity index (χ2n) is 4.05. The third-order valence-electron chi connectivity index (χ3n) is 2.35. The highest BCUT2D eigenvalue weighted by atomic mass is 28.4. The van der Waals surface area contributed by atoms with E-state index in [0.717, 1.165) is 0 Å². The summed E-state index contributed by atoms with van der Waals surface area (Å²) in [5.41, 5.74) is 0. The maximum absolute atomic E-state index is 10.9. The fourth-order valence-electron chi connectivity index (χ4n) is 1.02. The van der Waals surface area contributed by atoms with Gasteiger partial charge in [0.05, 0.1) is 0 Å².